The third-order valence-corrected chi connectivity index (χ3v) is 3.25. The van der Waals surface area contributed by atoms with Crippen molar-refractivity contribution in [1.29, 1.82) is 0 Å². The van der Waals surface area contributed by atoms with Crippen molar-refractivity contribution < 1.29 is 4.74 Å². The van der Waals surface area contributed by atoms with Gasteiger partial charge in [-0.3, -0.25) is 4.40 Å². The zero-order valence-corrected chi connectivity index (χ0v) is 10.3. The highest BCUT2D eigenvalue weighted by Gasteiger charge is 2.16. The van der Waals surface area contributed by atoms with Crippen LogP contribution in [0, 0.1) is 13.8 Å². The first-order chi connectivity index (χ1) is 8.25. The summed E-state index contributed by atoms with van der Waals surface area (Å²) in [5.41, 5.74) is 3.53. The third-order valence-electron chi connectivity index (χ3n) is 3.25. The fourth-order valence-electron chi connectivity index (χ4n) is 2.47. The average molecular weight is 231 g/mol. The highest BCUT2D eigenvalue weighted by atomic mass is 16.5. The topological polar surface area (TPSA) is 29.8 Å². The first kappa shape index (κ1) is 10.6. The van der Waals surface area contributed by atoms with E-state index in [1.54, 1.807) is 0 Å². The summed E-state index contributed by atoms with van der Waals surface area (Å²) in [6.07, 6.45) is 1.97. The van der Waals surface area contributed by atoms with Crippen molar-refractivity contribution in [2.75, 3.05) is 31.2 Å². The van der Waals surface area contributed by atoms with Crippen molar-refractivity contribution in [3.63, 3.8) is 0 Å². The van der Waals surface area contributed by atoms with E-state index in [1.165, 1.54) is 17.1 Å². The van der Waals surface area contributed by atoms with Crippen molar-refractivity contribution >= 4 is 11.5 Å². The molecular weight excluding hydrogens is 214 g/mol. The summed E-state index contributed by atoms with van der Waals surface area (Å²) in [5, 5.41) is 0. The number of aryl methyl sites for hydroxylation is 2. The van der Waals surface area contributed by atoms with Gasteiger partial charge in [-0.1, -0.05) is 0 Å². The van der Waals surface area contributed by atoms with E-state index in [0.29, 0.717) is 0 Å². The fourth-order valence-corrected chi connectivity index (χ4v) is 2.47. The van der Waals surface area contributed by atoms with Crippen LogP contribution >= 0.6 is 0 Å². The number of rotatable bonds is 1. The second kappa shape index (κ2) is 4.04. The van der Waals surface area contributed by atoms with Gasteiger partial charge >= 0.3 is 0 Å². The van der Waals surface area contributed by atoms with Gasteiger partial charge in [0.05, 0.1) is 19.4 Å². The molecule has 0 N–H and O–H groups in total. The Balaban J connectivity index is 2.10. The van der Waals surface area contributed by atoms with E-state index in [2.05, 4.69) is 40.3 Å². The smallest absolute Gasteiger partial charge is 0.138 e. The SMILES string of the molecule is Cc1cc(C)n2c(N3CCOCC3)cnc2c1. The number of pyridine rings is 1. The predicted octanol–water partition coefficient (Wildman–Crippen LogP) is 1.79. The summed E-state index contributed by atoms with van der Waals surface area (Å²) < 4.78 is 7.61. The van der Waals surface area contributed by atoms with Crippen LogP contribution in [0.5, 0.6) is 0 Å². The van der Waals surface area contributed by atoms with Crippen LogP contribution in [0.15, 0.2) is 18.3 Å². The second-order valence-corrected chi connectivity index (χ2v) is 4.58. The van der Waals surface area contributed by atoms with E-state index >= 15 is 0 Å². The van der Waals surface area contributed by atoms with E-state index in [9.17, 15) is 0 Å². The van der Waals surface area contributed by atoms with Gasteiger partial charge in [-0.05, 0) is 31.5 Å². The van der Waals surface area contributed by atoms with Crippen LogP contribution < -0.4 is 4.90 Å². The Morgan fingerprint density at radius 2 is 1.94 bits per heavy atom. The molecule has 17 heavy (non-hydrogen) atoms. The van der Waals surface area contributed by atoms with Gasteiger partial charge in [-0.25, -0.2) is 4.98 Å². The van der Waals surface area contributed by atoms with Crippen molar-refractivity contribution in [2.24, 2.45) is 0 Å². The Kier molecular flexibility index (Phi) is 2.52. The molecule has 0 aromatic carbocycles. The molecule has 2 aromatic heterocycles. The molecule has 0 unspecified atom stereocenters. The van der Waals surface area contributed by atoms with Crippen LogP contribution in [0.25, 0.3) is 5.65 Å². The van der Waals surface area contributed by atoms with Crippen LogP contribution in [0.3, 0.4) is 0 Å². The lowest BCUT2D eigenvalue weighted by atomic mass is 10.2. The average Bonchev–Trinajstić information content (AvgIpc) is 2.74. The Bertz CT molecular complexity index is 541. The van der Waals surface area contributed by atoms with E-state index in [4.69, 9.17) is 4.74 Å². The molecule has 0 bridgehead atoms. The maximum atomic E-state index is 5.39. The normalized spacial score (nSPS) is 16.7. The molecule has 1 aliphatic heterocycles. The molecule has 0 spiro atoms. The molecule has 90 valence electrons. The number of ether oxygens (including phenoxy) is 1. The molecule has 1 fully saturated rings. The number of anilines is 1. The lowest BCUT2D eigenvalue weighted by Crippen LogP contribution is -2.37. The van der Waals surface area contributed by atoms with E-state index in [0.717, 1.165) is 32.0 Å². The molecule has 4 nitrogen and oxygen atoms in total. The first-order valence-electron chi connectivity index (χ1n) is 6.03. The molecule has 0 amide bonds. The molecule has 0 atom stereocenters. The first-order valence-corrected chi connectivity index (χ1v) is 6.03. The largest absolute Gasteiger partial charge is 0.378 e. The number of nitrogens with zero attached hydrogens (tertiary/aromatic N) is 3. The Hall–Kier alpha value is -1.55. The van der Waals surface area contributed by atoms with Gasteiger partial charge in [-0.2, -0.15) is 0 Å². The molecular formula is C13H17N3O. The van der Waals surface area contributed by atoms with Gasteiger partial charge in [0.25, 0.3) is 0 Å². The van der Waals surface area contributed by atoms with Crippen LogP contribution in [0.1, 0.15) is 11.3 Å². The number of hydrogen-bond donors (Lipinski definition) is 0. The fraction of sp³-hybridized carbons (Fsp3) is 0.462. The molecule has 0 saturated carbocycles. The zero-order valence-electron chi connectivity index (χ0n) is 10.3. The molecule has 2 aromatic rings. The van der Waals surface area contributed by atoms with Gasteiger partial charge in [0.15, 0.2) is 0 Å². The van der Waals surface area contributed by atoms with Crippen molar-refractivity contribution in [1.82, 2.24) is 9.38 Å². The summed E-state index contributed by atoms with van der Waals surface area (Å²) in [7, 11) is 0. The van der Waals surface area contributed by atoms with Crippen LogP contribution in [-0.2, 0) is 4.74 Å². The van der Waals surface area contributed by atoms with Crippen LogP contribution in [0.2, 0.25) is 0 Å². The lowest BCUT2D eigenvalue weighted by molar-refractivity contribution is 0.122. The van der Waals surface area contributed by atoms with Gasteiger partial charge in [0.1, 0.15) is 11.5 Å². The van der Waals surface area contributed by atoms with Gasteiger partial charge in [0, 0.05) is 18.8 Å². The van der Waals surface area contributed by atoms with E-state index in [1.807, 2.05) is 6.20 Å². The van der Waals surface area contributed by atoms with Crippen LogP contribution in [0.4, 0.5) is 5.82 Å². The standard InChI is InChI=1S/C13H17N3O/c1-10-7-11(2)16-12(8-10)14-9-13(16)15-3-5-17-6-4-15/h7-9H,3-6H2,1-2H3. The van der Waals surface area contributed by atoms with E-state index < -0.39 is 0 Å². The summed E-state index contributed by atoms with van der Waals surface area (Å²) in [6, 6.07) is 4.32. The third kappa shape index (κ3) is 1.78. The van der Waals surface area contributed by atoms with Crippen molar-refractivity contribution in [2.45, 2.75) is 13.8 Å². The molecule has 3 rings (SSSR count). The number of morpholine rings is 1. The minimum Gasteiger partial charge on any atom is -0.378 e. The second-order valence-electron chi connectivity index (χ2n) is 4.58. The minimum atomic E-state index is 0.804. The predicted molar refractivity (Wildman–Crippen MR) is 67.7 cm³/mol. The number of fused-ring (bicyclic) bond motifs is 1. The number of hydrogen-bond acceptors (Lipinski definition) is 3. The van der Waals surface area contributed by atoms with E-state index in [-0.39, 0.29) is 0 Å². The monoisotopic (exact) mass is 231 g/mol. The highest BCUT2D eigenvalue weighted by molar-refractivity contribution is 5.54. The van der Waals surface area contributed by atoms with Gasteiger partial charge < -0.3 is 9.64 Å². The Labute approximate surface area is 101 Å². The summed E-state index contributed by atoms with van der Waals surface area (Å²) in [4.78, 5) is 6.84. The quantitative estimate of drug-likeness (QED) is 0.749. The zero-order chi connectivity index (χ0) is 11.8. The van der Waals surface area contributed by atoms with Gasteiger partial charge in [0.2, 0.25) is 0 Å². The molecule has 1 aliphatic rings. The molecule has 4 heteroatoms. The summed E-state index contributed by atoms with van der Waals surface area (Å²) >= 11 is 0. The molecule has 0 radical (unpaired) electrons. The summed E-state index contributed by atoms with van der Waals surface area (Å²) in [5.74, 6) is 1.18. The lowest BCUT2D eigenvalue weighted by Gasteiger charge is -2.28. The molecule has 3 heterocycles. The minimum absolute atomic E-state index is 0.804. The highest BCUT2D eigenvalue weighted by Crippen LogP contribution is 2.21. The summed E-state index contributed by atoms with van der Waals surface area (Å²) in [6.45, 7) is 7.74. The maximum absolute atomic E-state index is 5.39. The molecule has 0 aliphatic carbocycles. The van der Waals surface area contributed by atoms with Crippen LogP contribution in [-0.4, -0.2) is 35.7 Å². The van der Waals surface area contributed by atoms with Crippen molar-refractivity contribution in [3.05, 3.63) is 29.6 Å². The number of aromatic nitrogens is 2. The van der Waals surface area contributed by atoms with Crippen molar-refractivity contribution in [3.8, 4) is 0 Å². The maximum Gasteiger partial charge on any atom is 0.138 e. The Morgan fingerprint density at radius 3 is 2.71 bits per heavy atom. The molecule has 1 saturated heterocycles. The van der Waals surface area contributed by atoms with Gasteiger partial charge in [-0.15, -0.1) is 0 Å². The number of imidazole rings is 1. The Morgan fingerprint density at radius 1 is 1.18 bits per heavy atom.